The van der Waals surface area contributed by atoms with Crippen molar-refractivity contribution in [2.24, 2.45) is 0 Å². The number of ketones is 1. The van der Waals surface area contributed by atoms with E-state index in [-0.39, 0.29) is 18.3 Å². The van der Waals surface area contributed by atoms with Crippen LogP contribution in [0.1, 0.15) is 28.9 Å². The van der Waals surface area contributed by atoms with Crippen LogP contribution in [-0.2, 0) is 16.0 Å². The zero-order valence-electron chi connectivity index (χ0n) is 12.3. The lowest BCUT2D eigenvalue weighted by Crippen LogP contribution is -2.09. The van der Waals surface area contributed by atoms with E-state index in [1.165, 1.54) is 18.4 Å². The van der Waals surface area contributed by atoms with Crippen LogP contribution in [0.5, 0.6) is 0 Å². The quantitative estimate of drug-likeness (QED) is 0.381. The summed E-state index contributed by atoms with van der Waals surface area (Å²) in [6, 6.07) is 5.83. The standard InChI is InChI=1S/C16H14FNO5/c1-2-22-16(21)14(20)8-13(19)15-18-12(9-23-15)7-10-3-5-11(17)6-4-10/h3-6,8-9,20H,2,7H2,1H3. The molecule has 23 heavy (non-hydrogen) atoms. The summed E-state index contributed by atoms with van der Waals surface area (Å²) in [5.74, 6) is -3.20. The molecule has 0 spiro atoms. The molecule has 2 rings (SSSR count). The van der Waals surface area contributed by atoms with Gasteiger partial charge in [-0.2, -0.15) is 0 Å². The van der Waals surface area contributed by atoms with E-state index in [4.69, 9.17) is 4.42 Å². The number of halogens is 1. The lowest BCUT2D eigenvalue weighted by Gasteiger charge is -1.98. The predicted octanol–water partition coefficient (Wildman–Crippen LogP) is 2.59. The van der Waals surface area contributed by atoms with Crippen LogP contribution in [0.2, 0.25) is 0 Å². The van der Waals surface area contributed by atoms with Gasteiger partial charge in [0.25, 0.3) is 5.89 Å². The van der Waals surface area contributed by atoms with E-state index in [0.29, 0.717) is 18.2 Å². The Labute approximate surface area is 131 Å². The molecule has 120 valence electrons. The highest BCUT2D eigenvalue weighted by molar-refractivity contribution is 6.05. The van der Waals surface area contributed by atoms with Crippen molar-refractivity contribution < 1.29 is 28.2 Å². The molecule has 0 aliphatic rings. The third-order valence-corrected chi connectivity index (χ3v) is 2.81. The van der Waals surface area contributed by atoms with Crippen molar-refractivity contribution in [2.75, 3.05) is 6.61 Å². The number of oxazole rings is 1. The van der Waals surface area contributed by atoms with Crippen LogP contribution in [-0.4, -0.2) is 28.4 Å². The number of rotatable bonds is 6. The van der Waals surface area contributed by atoms with Crippen molar-refractivity contribution in [1.29, 1.82) is 0 Å². The fourth-order valence-corrected chi connectivity index (χ4v) is 1.76. The molecular weight excluding hydrogens is 305 g/mol. The molecule has 0 radical (unpaired) electrons. The van der Waals surface area contributed by atoms with Gasteiger partial charge in [-0.05, 0) is 24.6 Å². The van der Waals surface area contributed by atoms with Gasteiger partial charge >= 0.3 is 5.97 Å². The van der Waals surface area contributed by atoms with Crippen molar-refractivity contribution >= 4 is 11.8 Å². The van der Waals surface area contributed by atoms with Crippen LogP contribution in [0.15, 0.2) is 46.8 Å². The molecule has 2 aromatic rings. The van der Waals surface area contributed by atoms with Gasteiger partial charge in [0.05, 0.1) is 12.3 Å². The molecule has 0 unspecified atom stereocenters. The topological polar surface area (TPSA) is 89.6 Å². The smallest absolute Gasteiger partial charge is 0.373 e. The Bertz CT molecular complexity index is 733. The number of carbonyl (C=O) groups is 2. The summed E-state index contributed by atoms with van der Waals surface area (Å²) in [6.07, 6.45) is 2.32. The highest BCUT2D eigenvalue weighted by Crippen LogP contribution is 2.11. The van der Waals surface area contributed by atoms with Crippen LogP contribution >= 0.6 is 0 Å². The number of carbonyl (C=O) groups excluding carboxylic acids is 2. The Morgan fingerprint density at radius 3 is 2.70 bits per heavy atom. The summed E-state index contributed by atoms with van der Waals surface area (Å²) in [7, 11) is 0. The second kappa shape index (κ2) is 7.35. The normalized spacial score (nSPS) is 11.3. The highest BCUT2D eigenvalue weighted by atomic mass is 19.1. The second-order valence-electron chi connectivity index (χ2n) is 4.56. The second-order valence-corrected chi connectivity index (χ2v) is 4.56. The van der Waals surface area contributed by atoms with Gasteiger partial charge < -0.3 is 14.3 Å². The van der Waals surface area contributed by atoms with E-state index in [1.54, 1.807) is 19.1 Å². The Hall–Kier alpha value is -2.96. The van der Waals surface area contributed by atoms with Gasteiger partial charge in [-0.15, -0.1) is 0 Å². The van der Waals surface area contributed by atoms with E-state index >= 15 is 0 Å². The number of allylic oxidation sites excluding steroid dienone is 1. The van der Waals surface area contributed by atoms with Crippen LogP contribution in [0.25, 0.3) is 0 Å². The maximum atomic E-state index is 12.8. The van der Waals surface area contributed by atoms with E-state index in [2.05, 4.69) is 9.72 Å². The van der Waals surface area contributed by atoms with Crippen molar-refractivity contribution in [2.45, 2.75) is 13.3 Å². The largest absolute Gasteiger partial charge is 0.502 e. The van der Waals surface area contributed by atoms with Crippen LogP contribution in [0.4, 0.5) is 4.39 Å². The molecule has 0 amide bonds. The van der Waals surface area contributed by atoms with Crippen molar-refractivity contribution in [1.82, 2.24) is 4.98 Å². The summed E-state index contributed by atoms with van der Waals surface area (Å²) in [5, 5.41) is 9.41. The Kier molecular flexibility index (Phi) is 5.24. The maximum Gasteiger partial charge on any atom is 0.373 e. The van der Waals surface area contributed by atoms with Gasteiger partial charge in [0, 0.05) is 12.5 Å². The van der Waals surface area contributed by atoms with Gasteiger partial charge in [-0.3, -0.25) is 4.79 Å². The number of aliphatic hydroxyl groups is 1. The van der Waals surface area contributed by atoms with E-state index in [0.717, 1.165) is 5.56 Å². The van der Waals surface area contributed by atoms with Crippen LogP contribution in [0.3, 0.4) is 0 Å². The molecule has 1 aromatic heterocycles. The van der Waals surface area contributed by atoms with E-state index in [1.807, 2.05) is 0 Å². The number of esters is 1. The number of hydrogen-bond donors (Lipinski definition) is 1. The average molecular weight is 319 g/mol. The number of nitrogens with zero attached hydrogens (tertiary/aromatic N) is 1. The number of hydrogen-bond acceptors (Lipinski definition) is 6. The van der Waals surface area contributed by atoms with Crippen LogP contribution in [0, 0.1) is 5.82 Å². The van der Waals surface area contributed by atoms with Crippen molar-refractivity contribution in [3.8, 4) is 0 Å². The third-order valence-electron chi connectivity index (χ3n) is 2.81. The minimum Gasteiger partial charge on any atom is -0.502 e. The fraction of sp³-hybridized carbons (Fsp3) is 0.188. The number of ether oxygens (including phenoxy) is 1. The fourth-order valence-electron chi connectivity index (χ4n) is 1.76. The molecule has 1 aromatic carbocycles. The minimum atomic E-state index is -1.00. The molecule has 0 fully saturated rings. The summed E-state index contributed by atoms with van der Waals surface area (Å²) >= 11 is 0. The SMILES string of the molecule is CCOC(=O)C(O)=CC(=O)c1nc(Cc2ccc(F)cc2)co1. The first-order valence-electron chi connectivity index (χ1n) is 6.80. The lowest BCUT2D eigenvalue weighted by atomic mass is 10.1. The van der Waals surface area contributed by atoms with Gasteiger partial charge in [0.15, 0.2) is 0 Å². The van der Waals surface area contributed by atoms with Gasteiger partial charge in [0.1, 0.15) is 12.1 Å². The summed E-state index contributed by atoms with van der Waals surface area (Å²) in [5.41, 5.74) is 1.26. The van der Waals surface area contributed by atoms with Crippen LogP contribution < -0.4 is 0 Å². The zero-order chi connectivity index (χ0) is 16.8. The third kappa shape index (κ3) is 4.50. The van der Waals surface area contributed by atoms with Gasteiger partial charge in [0.2, 0.25) is 11.5 Å². The Balaban J connectivity index is 2.06. The monoisotopic (exact) mass is 319 g/mol. The average Bonchev–Trinajstić information content (AvgIpc) is 2.98. The summed E-state index contributed by atoms with van der Waals surface area (Å²) < 4.78 is 22.4. The minimum absolute atomic E-state index is 0.0751. The molecule has 1 heterocycles. The number of benzene rings is 1. The highest BCUT2D eigenvalue weighted by Gasteiger charge is 2.16. The maximum absolute atomic E-state index is 12.8. The zero-order valence-corrected chi connectivity index (χ0v) is 12.3. The van der Waals surface area contributed by atoms with E-state index in [9.17, 15) is 19.1 Å². The number of aliphatic hydroxyl groups excluding tert-OH is 1. The lowest BCUT2D eigenvalue weighted by molar-refractivity contribution is -0.141. The summed E-state index contributed by atoms with van der Waals surface area (Å²) in [4.78, 5) is 27.0. The summed E-state index contributed by atoms with van der Waals surface area (Å²) in [6.45, 7) is 1.65. The van der Waals surface area contributed by atoms with E-state index < -0.39 is 17.5 Å². The molecule has 7 heteroatoms. The first-order chi connectivity index (χ1) is 11.0. The molecule has 0 aliphatic heterocycles. The number of aromatic nitrogens is 1. The molecule has 1 N–H and O–H groups in total. The molecule has 0 saturated heterocycles. The van der Waals surface area contributed by atoms with Crippen molar-refractivity contribution in [3.05, 3.63) is 65.3 Å². The Morgan fingerprint density at radius 1 is 1.35 bits per heavy atom. The first kappa shape index (κ1) is 16.4. The predicted molar refractivity (Wildman–Crippen MR) is 77.4 cm³/mol. The van der Waals surface area contributed by atoms with Gasteiger partial charge in [-0.1, -0.05) is 12.1 Å². The van der Waals surface area contributed by atoms with Crippen molar-refractivity contribution in [3.63, 3.8) is 0 Å². The first-order valence-corrected chi connectivity index (χ1v) is 6.80. The molecule has 6 nitrogen and oxygen atoms in total. The molecule has 0 atom stereocenters. The van der Waals surface area contributed by atoms with Gasteiger partial charge in [-0.25, -0.2) is 14.2 Å². The molecule has 0 saturated carbocycles. The molecular formula is C16H14FNO5. The Morgan fingerprint density at radius 2 is 2.04 bits per heavy atom. The molecule has 0 bridgehead atoms. The molecule has 0 aliphatic carbocycles.